The summed E-state index contributed by atoms with van der Waals surface area (Å²) < 4.78 is 17.9. The van der Waals surface area contributed by atoms with E-state index >= 15 is 0 Å². The summed E-state index contributed by atoms with van der Waals surface area (Å²) in [7, 11) is 1.58. The number of aromatic nitrogens is 2. The molecule has 0 saturated heterocycles. The fourth-order valence-electron chi connectivity index (χ4n) is 3.50. The van der Waals surface area contributed by atoms with Crippen molar-refractivity contribution >= 4 is 23.1 Å². The van der Waals surface area contributed by atoms with Gasteiger partial charge in [-0.2, -0.15) is 0 Å². The van der Waals surface area contributed by atoms with Crippen LogP contribution in [0.1, 0.15) is 11.4 Å². The van der Waals surface area contributed by atoms with Crippen LogP contribution in [0.25, 0.3) is 28.7 Å². The van der Waals surface area contributed by atoms with Gasteiger partial charge in [-0.05, 0) is 48.0 Å². The Kier molecular flexibility index (Phi) is 4.44. The van der Waals surface area contributed by atoms with E-state index in [4.69, 9.17) is 19.2 Å². The molecule has 30 heavy (non-hydrogen) atoms. The molecule has 0 N–H and O–H groups in total. The molecule has 1 aromatic heterocycles. The van der Waals surface area contributed by atoms with Gasteiger partial charge in [0.25, 0.3) is 5.56 Å². The SMILES string of the molecule is COc1ccccc1-n1c(C=Cc2ccc3c(c2)OCO3)nc2ccccc2c1=O. The number of rotatable bonds is 4. The quantitative estimate of drug-likeness (QED) is 0.513. The normalized spacial score (nSPS) is 12.6. The molecule has 0 spiro atoms. The highest BCUT2D eigenvalue weighted by Crippen LogP contribution is 2.33. The summed E-state index contributed by atoms with van der Waals surface area (Å²) in [6.45, 7) is 0.224. The molecule has 0 amide bonds. The van der Waals surface area contributed by atoms with Crippen molar-refractivity contribution in [2.24, 2.45) is 0 Å². The minimum Gasteiger partial charge on any atom is -0.495 e. The molecule has 148 valence electrons. The predicted molar refractivity (Wildman–Crippen MR) is 115 cm³/mol. The topological polar surface area (TPSA) is 62.6 Å². The summed E-state index contributed by atoms with van der Waals surface area (Å²) in [5.74, 6) is 2.52. The van der Waals surface area contributed by atoms with Crippen LogP contribution in [0.2, 0.25) is 0 Å². The summed E-state index contributed by atoms with van der Waals surface area (Å²) in [4.78, 5) is 18.1. The van der Waals surface area contributed by atoms with Crippen molar-refractivity contribution in [3.8, 4) is 22.9 Å². The lowest BCUT2D eigenvalue weighted by molar-refractivity contribution is 0.174. The van der Waals surface area contributed by atoms with Gasteiger partial charge in [-0.1, -0.05) is 36.4 Å². The summed E-state index contributed by atoms with van der Waals surface area (Å²) in [6, 6.07) is 20.4. The summed E-state index contributed by atoms with van der Waals surface area (Å²) >= 11 is 0. The molecule has 2 heterocycles. The molecule has 6 nitrogen and oxygen atoms in total. The van der Waals surface area contributed by atoms with Crippen LogP contribution in [0, 0.1) is 0 Å². The van der Waals surface area contributed by atoms with E-state index in [0.717, 1.165) is 11.3 Å². The molecule has 0 fully saturated rings. The number of benzene rings is 3. The van der Waals surface area contributed by atoms with E-state index in [0.29, 0.717) is 33.9 Å². The average molecular weight is 398 g/mol. The van der Waals surface area contributed by atoms with Gasteiger partial charge in [0, 0.05) is 0 Å². The predicted octanol–water partition coefficient (Wildman–Crippen LogP) is 4.29. The Morgan fingerprint density at radius 2 is 1.77 bits per heavy atom. The molecule has 1 aliphatic heterocycles. The minimum atomic E-state index is -0.157. The average Bonchev–Trinajstić information content (AvgIpc) is 3.26. The Bertz CT molecular complexity index is 1340. The Balaban J connectivity index is 1.69. The standard InChI is InChI=1S/C24H18N2O4/c1-28-20-9-5-4-8-19(20)26-23(25-18-7-3-2-6-17(18)24(26)27)13-11-16-10-12-21-22(14-16)30-15-29-21/h2-14H,15H2,1H3. The third-order valence-corrected chi connectivity index (χ3v) is 4.95. The lowest BCUT2D eigenvalue weighted by Gasteiger charge is -2.14. The highest BCUT2D eigenvalue weighted by molar-refractivity contribution is 5.80. The van der Waals surface area contributed by atoms with Crippen molar-refractivity contribution in [1.82, 2.24) is 9.55 Å². The van der Waals surface area contributed by atoms with Gasteiger partial charge in [0.15, 0.2) is 11.5 Å². The van der Waals surface area contributed by atoms with Crippen LogP contribution in [0.5, 0.6) is 17.2 Å². The van der Waals surface area contributed by atoms with E-state index in [9.17, 15) is 4.79 Å². The molecule has 4 aromatic rings. The highest BCUT2D eigenvalue weighted by Gasteiger charge is 2.15. The summed E-state index contributed by atoms with van der Waals surface area (Å²) in [6.07, 6.45) is 3.71. The highest BCUT2D eigenvalue weighted by atomic mass is 16.7. The van der Waals surface area contributed by atoms with Gasteiger partial charge in [0.05, 0.1) is 23.7 Å². The van der Waals surface area contributed by atoms with E-state index in [1.807, 2.05) is 72.8 Å². The molecule has 0 atom stereocenters. The van der Waals surface area contributed by atoms with Gasteiger partial charge in [-0.15, -0.1) is 0 Å². The molecule has 5 rings (SSSR count). The maximum absolute atomic E-state index is 13.4. The number of fused-ring (bicyclic) bond motifs is 2. The Morgan fingerprint density at radius 1 is 0.967 bits per heavy atom. The Hall–Kier alpha value is -4.06. The zero-order valence-electron chi connectivity index (χ0n) is 16.2. The van der Waals surface area contributed by atoms with Gasteiger partial charge < -0.3 is 14.2 Å². The van der Waals surface area contributed by atoms with Crippen LogP contribution in [0.3, 0.4) is 0 Å². The molecule has 0 radical (unpaired) electrons. The van der Waals surface area contributed by atoms with Gasteiger partial charge in [-0.25, -0.2) is 4.98 Å². The van der Waals surface area contributed by atoms with Gasteiger partial charge in [-0.3, -0.25) is 9.36 Å². The largest absolute Gasteiger partial charge is 0.495 e. The molecule has 0 unspecified atom stereocenters. The minimum absolute atomic E-state index is 0.157. The molecule has 0 aliphatic carbocycles. The molecule has 0 saturated carbocycles. The first-order valence-electron chi connectivity index (χ1n) is 9.47. The van der Waals surface area contributed by atoms with Crippen LogP contribution in [-0.4, -0.2) is 23.5 Å². The van der Waals surface area contributed by atoms with E-state index in [2.05, 4.69) is 0 Å². The van der Waals surface area contributed by atoms with Crippen LogP contribution in [-0.2, 0) is 0 Å². The molecule has 6 heteroatoms. The zero-order valence-corrected chi connectivity index (χ0v) is 16.2. The first-order chi connectivity index (χ1) is 14.7. The summed E-state index contributed by atoms with van der Waals surface area (Å²) in [5, 5.41) is 0.545. The first kappa shape index (κ1) is 18.0. The van der Waals surface area contributed by atoms with E-state index in [1.54, 1.807) is 17.7 Å². The van der Waals surface area contributed by atoms with Gasteiger partial charge >= 0.3 is 0 Å². The van der Waals surface area contributed by atoms with Crippen molar-refractivity contribution < 1.29 is 14.2 Å². The molecule has 1 aliphatic rings. The van der Waals surface area contributed by atoms with E-state index in [1.165, 1.54) is 0 Å². The lowest BCUT2D eigenvalue weighted by atomic mass is 10.1. The zero-order chi connectivity index (χ0) is 20.5. The van der Waals surface area contributed by atoms with Crippen molar-refractivity contribution in [3.05, 3.63) is 88.5 Å². The fraction of sp³-hybridized carbons (Fsp3) is 0.0833. The number of methoxy groups -OCH3 is 1. The molecular formula is C24H18N2O4. The number of ether oxygens (including phenoxy) is 3. The van der Waals surface area contributed by atoms with E-state index < -0.39 is 0 Å². The number of nitrogens with zero attached hydrogens (tertiary/aromatic N) is 2. The maximum atomic E-state index is 13.4. The Labute approximate surface area is 172 Å². The first-order valence-corrected chi connectivity index (χ1v) is 9.47. The van der Waals surface area contributed by atoms with Crippen molar-refractivity contribution in [3.63, 3.8) is 0 Å². The van der Waals surface area contributed by atoms with Crippen LogP contribution in [0.15, 0.2) is 71.5 Å². The monoisotopic (exact) mass is 398 g/mol. The second-order valence-electron chi connectivity index (χ2n) is 6.75. The lowest BCUT2D eigenvalue weighted by Crippen LogP contribution is -2.22. The maximum Gasteiger partial charge on any atom is 0.266 e. The van der Waals surface area contributed by atoms with Crippen LogP contribution in [0.4, 0.5) is 0 Å². The van der Waals surface area contributed by atoms with Crippen molar-refractivity contribution in [2.45, 2.75) is 0 Å². The molecule has 3 aromatic carbocycles. The Morgan fingerprint density at radius 3 is 2.67 bits per heavy atom. The second kappa shape index (κ2) is 7.40. The van der Waals surface area contributed by atoms with Crippen molar-refractivity contribution in [2.75, 3.05) is 13.9 Å². The van der Waals surface area contributed by atoms with Gasteiger partial charge in [0.1, 0.15) is 11.6 Å². The van der Waals surface area contributed by atoms with Crippen LogP contribution >= 0.6 is 0 Å². The smallest absolute Gasteiger partial charge is 0.266 e. The van der Waals surface area contributed by atoms with Gasteiger partial charge in [0.2, 0.25) is 6.79 Å². The third kappa shape index (κ3) is 3.08. The molecule has 0 bridgehead atoms. The van der Waals surface area contributed by atoms with E-state index in [-0.39, 0.29) is 12.4 Å². The number of hydrogen-bond acceptors (Lipinski definition) is 5. The summed E-state index contributed by atoms with van der Waals surface area (Å²) in [5.41, 5.74) is 2.02. The van der Waals surface area contributed by atoms with Crippen molar-refractivity contribution in [1.29, 1.82) is 0 Å². The number of hydrogen-bond donors (Lipinski definition) is 0. The van der Waals surface area contributed by atoms with Crippen LogP contribution < -0.4 is 19.8 Å². The second-order valence-corrected chi connectivity index (χ2v) is 6.75. The molecular weight excluding hydrogens is 380 g/mol. The third-order valence-electron chi connectivity index (χ3n) is 4.95. The fourth-order valence-corrected chi connectivity index (χ4v) is 3.50. The number of para-hydroxylation sites is 3.